The lowest BCUT2D eigenvalue weighted by molar-refractivity contribution is 0.241. The van der Waals surface area contributed by atoms with E-state index in [0.29, 0.717) is 6.17 Å². The van der Waals surface area contributed by atoms with Crippen molar-refractivity contribution in [3.8, 4) is 0 Å². The Kier molecular flexibility index (Phi) is 15.9. The average Bonchev–Trinajstić information content (AvgIpc) is 3.09. The predicted octanol–water partition coefficient (Wildman–Crippen LogP) is 6.09. The molecule has 1 rings (SSSR count). The van der Waals surface area contributed by atoms with E-state index >= 15 is 0 Å². The molecule has 1 aliphatic heterocycles. The van der Waals surface area contributed by atoms with Crippen LogP contribution in [0.3, 0.4) is 0 Å². The zero-order chi connectivity index (χ0) is 18.7. The van der Waals surface area contributed by atoms with E-state index in [2.05, 4.69) is 22.7 Å². The fraction of sp³-hybridized carbons (Fsp3) is 0.870. The van der Waals surface area contributed by atoms with Crippen LogP contribution in [0.15, 0.2) is 17.6 Å². The van der Waals surface area contributed by atoms with Crippen molar-refractivity contribution in [1.29, 1.82) is 0 Å². The van der Waals surface area contributed by atoms with Crippen molar-refractivity contribution in [2.75, 3.05) is 19.6 Å². The van der Waals surface area contributed by atoms with Crippen molar-refractivity contribution in [2.45, 2.75) is 109 Å². The van der Waals surface area contributed by atoms with Crippen molar-refractivity contribution >= 4 is 6.21 Å². The molecule has 1 heterocycles. The summed E-state index contributed by atoms with van der Waals surface area (Å²) in [5.74, 6) is 0. The number of unbranched alkanes of at least 4 members (excludes halogenated alkanes) is 14. The van der Waals surface area contributed by atoms with E-state index in [4.69, 9.17) is 5.73 Å². The summed E-state index contributed by atoms with van der Waals surface area (Å²) in [6.45, 7) is 6.51. The second-order valence-corrected chi connectivity index (χ2v) is 7.91. The van der Waals surface area contributed by atoms with E-state index < -0.39 is 0 Å². The number of hydrogen-bond acceptors (Lipinski definition) is 3. The van der Waals surface area contributed by atoms with Crippen molar-refractivity contribution in [3.05, 3.63) is 12.7 Å². The van der Waals surface area contributed by atoms with Gasteiger partial charge in [0.15, 0.2) is 0 Å². The first-order chi connectivity index (χ1) is 12.9. The summed E-state index contributed by atoms with van der Waals surface area (Å²) in [6, 6.07) is 0. The number of aliphatic imine (C=N–C) groups is 1. The summed E-state index contributed by atoms with van der Waals surface area (Å²) in [5.41, 5.74) is 5.66. The first kappa shape index (κ1) is 23.4. The molecule has 0 fully saturated rings. The van der Waals surface area contributed by atoms with Gasteiger partial charge in [0, 0.05) is 25.8 Å². The number of allylic oxidation sites excluding steroid dienone is 1. The molecule has 0 saturated carbocycles. The van der Waals surface area contributed by atoms with Gasteiger partial charge in [-0.15, -0.1) is 6.58 Å². The molecular weight excluding hydrogens is 318 g/mol. The molecule has 0 aromatic rings. The molecule has 0 aliphatic carbocycles. The highest BCUT2D eigenvalue weighted by atomic mass is 15.3. The van der Waals surface area contributed by atoms with Crippen LogP contribution in [0.5, 0.6) is 0 Å². The highest BCUT2D eigenvalue weighted by molar-refractivity contribution is 5.62. The maximum atomic E-state index is 5.66. The molecule has 0 amide bonds. The van der Waals surface area contributed by atoms with Crippen LogP contribution in [0, 0.1) is 0 Å². The Labute approximate surface area is 163 Å². The fourth-order valence-corrected chi connectivity index (χ4v) is 3.89. The second kappa shape index (κ2) is 17.7. The molecule has 1 unspecified atom stereocenters. The van der Waals surface area contributed by atoms with Gasteiger partial charge in [0.2, 0.25) is 0 Å². The number of nitrogens with two attached hydrogens (primary N) is 1. The summed E-state index contributed by atoms with van der Waals surface area (Å²) in [6.07, 6.45) is 26.7. The summed E-state index contributed by atoms with van der Waals surface area (Å²) in [4.78, 5) is 6.99. The minimum Gasteiger partial charge on any atom is -0.329 e. The number of nitrogens with zero attached hydrogens (tertiary/aromatic N) is 2. The van der Waals surface area contributed by atoms with E-state index in [0.717, 1.165) is 19.6 Å². The molecule has 26 heavy (non-hydrogen) atoms. The van der Waals surface area contributed by atoms with Crippen LogP contribution >= 0.6 is 0 Å². The third-order valence-corrected chi connectivity index (χ3v) is 5.55. The van der Waals surface area contributed by atoms with Crippen LogP contribution in [0.25, 0.3) is 0 Å². The topological polar surface area (TPSA) is 41.6 Å². The van der Waals surface area contributed by atoms with Crippen LogP contribution < -0.4 is 5.73 Å². The minimum atomic E-state index is 0.417. The summed E-state index contributed by atoms with van der Waals surface area (Å²) < 4.78 is 0. The highest BCUT2D eigenvalue weighted by Gasteiger charge is 2.19. The van der Waals surface area contributed by atoms with Crippen molar-refractivity contribution in [2.24, 2.45) is 10.7 Å². The Morgan fingerprint density at radius 1 is 0.846 bits per heavy atom. The quantitative estimate of drug-likeness (QED) is 0.223. The first-order valence-electron chi connectivity index (χ1n) is 11.4. The molecule has 0 aromatic heterocycles. The standard InChI is InChI=1S/C23H45N3/c1-2-3-4-5-6-7-8-9-10-11-12-13-14-15-16-17-18-23-25-20-22-26(23)21-19-24/h2,20,23H,1,3-19,21-22,24H2. The van der Waals surface area contributed by atoms with E-state index in [1.54, 1.807) is 0 Å². The normalized spacial score (nSPS) is 17.2. The third kappa shape index (κ3) is 12.6. The van der Waals surface area contributed by atoms with Crippen LogP contribution in [0.4, 0.5) is 0 Å². The van der Waals surface area contributed by atoms with E-state index in [9.17, 15) is 0 Å². The number of rotatable bonds is 19. The van der Waals surface area contributed by atoms with E-state index in [-0.39, 0.29) is 0 Å². The van der Waals surface area contributed by atoms with E-state index in [1.165, 1.54) is 103 Å². The third-order valence-electron chi connectivity index (χ3n) is 5.55. The molecule has 0 aromatic carbocycles. The Morgan fingerprint density at radius 2 is 1.35 bits per heavy atom. The van der Waals surface area contributed by atoms with Crippen molar-refractivity contribution in [3.63, 3.8) is 0 Å². The Balaban J connectivity index is 1.74. The lowest BCUT2D eigenvalue weighted by Crippen LogP contribution is -2.34. The van der Waals surface area contributed by atoms with Crippen LogP contribution in [0.1, 0.15) is 103 Å². The van der Waals surface area contributed by atoms with Gasteiger partial charge < -0.3 is 5.73 Å². The first-order valence-corrected chi connectivity index (χ1v) is 11.4. The molecule has 0 saturated heterocycles. The molecule has 3 heteroatoms. The molecule has 0 spiro atoms. The SMILES string of the molecule is C=CCCCCCCCCCCCCCCCCC1N=CCN1CCN. The van der Waals surface area contributed by atoms with Gasteiger partial charge in [0.1, 0.15) is 6.17 Å². The largest absolute Gasteiger partial charge is 0.329 e. The zero-order valence-electron chi connectivity index (χ0n) is 17.3. The molecule has 1 atom stereocenters. The van der Waals surface area contributed by atoms with Crippen LogP contribution in [0.2, 0.25) is 0 Å². The maximum absolute atomic E-state index is 5.66. The molecular formula is C23H45N3. The van der Waals surface area contributed by atoms with Gasteiger partial charge in [-0.3, -0.25) is 9.89 Å². The van der Waals surface area contributed by atoms with Gasteiger partial charge in [-0.05, 0) is 25.7 Å². The van der Waals surface area contributed by atoms with Crippen LogP contribution in [-0.4, -0.2) is 36.9 Å². The molecule has 0 bridgehead atoms. The minimum absolute atomic E-state index is 0.417. The molecule has 0 radical (unpaired) electrons. The lowest BCUT2D eigenvalue weighted by Gasteiger charge is -2.21. The molecule has 3 nitrogen and oxygen atoms in total. The average molecular weight is 364 g/mol. The zero-order valence-corrected chi connectivity index (χ0v) is 17.3. The van der Waals surface area contributed by atoms with Gasteiger partial charge >= 0.3 is 0 Å². The monoisotopic (exact) mass is 363 g/mol. The van der Waals surface area contributed by atoms with Gasteiger partial charge in [0.25, 0.3) is 0 Å². The van der Waals surface area contributed by atoms with Gasteiger partial charge in [-0.1, -0.05) is 83.1 Å². The van der Waals surface area contributed by atoms with Gasteiger partial charge in [-0.2, -0.15) is 0 Å². The van der Waals surface area contributed by atoms with Crippen molar-refractivity contribution < 1.29 is 0 Å². The molecule has 1 aliphatic rings. The maximum Gasteiger partial charge on any atom is 0.102 e. The van der Waals surface area contributed by atoms with Gasteiger partial charge in [0.05, 0.1) is 0 Å². The Bertz CT molecular complexity index is 340. The predicted molar refractivity (Wildman–Crippen MR) is 117 cm³/mol. The van der Waals surface area contributed by atoms with Crippen LogP contribution in [-0.2, 0) is 0 Å². The lowest BCUT2D eigenvalue weighted by atomic mass is 10.0. The van der Waals surface area contributed by atoms with Gasteiger partial charge in [-0.25, -0.2) is 0 Å². The molecule has 152 valence electrons. The Hall–Kier alpha value is -0.670. The summed E-state index contributed by atoms with van der Waals surface area (Å²) >= 11 is 0. The van der Waals surface area contributed by atoms with Crippen molar-refractivity contribution in [1.82, 2.24) is 4.90 Å². The fourth-order valence-electron chi connectivity index (χ4n) is 3.89. The summed E-state index contributed by atoms with van der Waals surface area (Å²) in [5, 5.41) is 0. The summed E-state index contributed by atoms with van der Waals surface area (Å²) in [7, 11) is 0. The Morgan fingerprint density at radius 3 is 1.85 bits per heavy atom. The number of hydrogen-bond donors (Lipinski definition) is 1. The highest BCUT2D eigenvalue weighted by Crippen LogP contribution is 2.16. The molecule has 2 N–H and O–H groups in total. The second-order valence-electron chi connectivity index (χ2n) is 7.91. The smallest absolute Gasteiger partial charge is 0.102 e. The van der Waals surface area contributed by atoms with E-state index in [1.807, 2.05) is 6.08 Å².